The summed E-state index contributed by atoms with van der Waals surface area (Å²) in [4.78, 5) is 16.9. The smallest absolute Gasteiger partial charge is 0.272 e. The van der Waals surface area contributed by atoms with Gasteiger partial charge in [0.2, 0.25) is 5.88 Å². The average Bonchev–Trinajstić information content (AvgIpc) is 2.56. The second-order valence-electron chi connectivity index (χ2n) is 5.39. The molecule has 24 heavy (non-hydrogen) atoms. The van der Waals surface area contributed by atoms with Crippen LogP contribution in [0.5, 0.6) is 5.88 Å². The van der Waals surface area contributed by atoms with Crippen molar-refractivity contribution in [2.24, 2.45) is 5.73 Å². The molecule has 0 saturated carbocycles. The Morgan fingerprint density at radius 1 is 1.42 bits per heavy atom. The fourth-order valence-corrected chi connectivity index (χ4v) is 3.30. The molecule has 130 valence electrons. The van der Waals surface area contributed by atoms with Crippen molar-refractivity contribution in [3.63, 3.8) is 0 Å². The number of benzene rings is 1. The van der Waals surface area contributed by atoms with Gasteiger partial charge in [-0.2, -0.15) is 4.98 Å². The Kier molecular flexibility index (Phi) is 6.42. The van der Waals surface area contributed by atoms with Crippen molar-refractivity contribution in [3.05, 3.63) is 50.0 Å². The van der Waals surface area contributed by atoms with Crippen LogP contribution in [0.2, 0.25) is 0 Å². The summed E-state index contributed by atoms with van der Waals surface area (Å²) in [7, 11) is 0. The van der Waals surface area contributed by atoms with E-state index in [4.69, 9.17) is 10.5 Å². The predicted molar refractivity (Wildman–Crippen MR) is 97.0 cm³/mol. The first-order chi connectivity index (χ1) is 11.4. The third-order valence-corrected chi connectivity index (χ3v) is 4.78. The fourth-order valence-electron chi connectivity index (χ4n) is 2.24. The number of rotatable bonds is 6. The van der Waals surface area contributed by atoms with Gasteiger partial charge in [0, 0.05) is 12.6 Å². The largest absolute Gasteiger partial charge is 0.472 e. The molecule has 0 saturated heterocycles. The summed E-state index contributed by atoms with van der Waals surface area (Å²) in [5.74, 6) is -0.128. The number of hydrogen-bond donors (Lipinski definition) is 1. The van der Waals surface area contributed by atoms with Gasteiger partial charge in [0.05, 0.1) is 0 Å². The number of nitrogens with zero attached hydrogens (tertiary/aromatic N) is 2. The third-order valence-electron chi connectivity index (χ3n) is 3.45. The maximum Gasteiger partial charge on any atom is 0.272 e. The van der Waals surface area contributed by atoms with Crippen LogP contribution < -0.4 is 16.0 Å². The lowest BCUT2D eigenvalue weighted by atomic mass is 10.1. The topological polar surface area (TPSA) is 70.1 Å². The van der Waals surface area contributed by atoms with Gasteiger partial charge in [0.15, 0.2) is 5.16 Å². The van der Waals surface area contributed by atoms with Crippen molar-refractivity contribution >= 4 is 27.7 Å². The molecule has 5 nitrogen and oxygen atoms in total. The van der Waals surface area contributed by atoms with E-state index in [2.05, 4.69) is 20.9 Å². The first kappa shape index (κ1) is 19.0. The van der Waals surface area contributed by atoms with Gasteiger partial charge in [-0.15, -0.1) is 0 Å². The fraction of sp³-hybridized carbons (Fsp3) is 0.375. The van der Waals surface area contributed by atoms with E-state index < -0.39 is 0 Å². The number of halogens is 2. The number of aromatic nitrogens is 2. The van der Waals surface area contributed by atoms with E-state index >= 15 is 0 Å². The third kappa shape index (κ3) is 3.99. The Morgan fingerprint density at radius 3 is 2.71 bits per heavy atom. The Balaban J connectivity index is 2.34. The van der Waals surface area contributed by atoms with Crippen LogP contribution in [0.15, 0.2) is 32.6 Å². The molecule has 1 aromatic heterocycles. The molecule has 0 aliphatic rings. The monoisotopic (exact) mass is 415 g/mol. The maximum absolute atomic E-state index is 13.3. The van der Waals surface area contributed by atoms with Crippen LogP contribution >= 0.6 is 27.7 Å². The summed E-state index contributed by atoms with van der Waals surface area (Å²) >= 11 is 4.64. The summed E-state index contributed by atoms with van der Waals surface area (Å²) in [5, 5.41) is 0.575. The second kappa shape index (κ2) is 8.13. The van der Waals surface area contributed by atoms with Crippen LogP contribution in [0.1, 0.15) is 31.0 Å². The van der Waals surface area contributed by atoms with Gasteiger partial charge >= 0.3 is 0 Å². The number of nitrogens with two attached hydrogens (primary N) is 1. The normalized spacial score (nSPS) is 11.1. The van der Waals surface area contributed by atoms with Crippen molar-refractivity contribution in [1.82, 2.24) is 9.55 Å². The lowest BCUT2D eigenvalue weighted by Crippen LogP contribution is -2.26. The van der Waals surface area contributed by atoms with E-state index in [1.807, 2.05) is 20.1 Å². The molecule has 0 unspecified atom stereocenters. The second-order valence-corrected chi connectivity index (χ2v) is 6.96. The molecule has 0 radical (unpaired) electrons. The van der Waals surface area contributed by atoms with Gasteiger partial charge in [0.1, 0.15) is 16.9 Å². The van der Waals surface area contributed by atoms with E-state index in [-0.39, 0.29) is 40.9 Å². The number of thioether (sulfide) groups is 1. The van der Waals surface area contributed by atoms with Crippen molar-refractivity contribution in [2.45, 2.75) is 38.2 Å². The molecular formula is C16H19BrFN3O2S. The highest BCUT2D eigenvalue weighted by Crippen LogP contribution is 2.25. The van der Waals surface area contributed by atoms with Crippen LogP contribution in [0.3, 0.4) is 0 Å². The van der Waals surface area contributed by atoms with E-state index in [0.717, 1.165) is 5.56 Å². The van der Waals surface area contributed by atoms with Crippen molar-refractivity contribution in [3.8, 4) is 5.88 Å². The SMILES string of the molecule is CSc1nc(OCc2ccc(F)cc2CN)c(Br)c(=O)n1C(C)C. The Hall–Kier alpha value is -1.38. The van der Waals surface area contributed by atoms with Crippen LogP contribution in [0.25, 0.3) is 0 Å². The molecule has 0 amide bonds. The molecule has 0 aliphatic heterocycles. The van der Waals surface area contributed by atoms with Crippen molar-refractivity contribution in [2.75, 3.05) is 6.26 Å². The van der Waals surface area contributed by atoms with Crippen molar-refractivity contribution in [1.29, 1.82) is 0 Å². The van der Waals surface area contributed by atoms with Gasteiger partial charge in [-0.1, -0.05) is 17.8 Å². The Labute approximate surface area is 152 Å². The lowest BCUT2D eigenvalue weighted by Gasteiger charge is -2.17. The van der Waals surface area contributed by atoms with Gasteiger partial charge < -0.3 is 10.5 Å². The molecule has 2 rings (SSSR count). The van der Waals surface area contributed by atoms with Gasteiger partial charge in [0.25, 0.3) is 5.56 Å². The average molecular weight is 416 g/mol. The summed E-state index contributed by atoms with van der Waals surface area (Å²) in [6, 6.07) is 4.34. The minimum Gasteiger partial charge on any atom is -0.472 e. The molecule has 2 N–H and O–H groups in total. The van der Waals surface area contributed by atoms with Crippen LogP contribution in [0, 0.1) is 5.82 Å². The Morgan fingerprint density at radius 2 is 2.12 bits per heavy atom. The highest BCUT2D eigenvalue weighted by Gasteiger charge is 2.18. The summed E-state index contributed by atoms with van der Waals surface area (Å²) in [6.07, 6.45) is 1.85. The maximum atomic E-state index is 13.3. The Bertz CT molecular complexity index is 796. The molecule has 8 heteroatoms. The summed E-state index contributed by atoms with van der Waals surface area (Å²) in [5.41, 5.74) is 6.86. The number of hydrogen-bond acceptors (Lipinski definition) is 5. The molecule has 0 spiro atoms. The zero-order chi connectivity index (χ0) is 17.9. The molecule has 0 atom stereocenters. The molecule has 1 heterocycles. The molecule has 1 aromatic carbocycles. The van der Waals surface area contributed by atoms with Gasteiger partial charge in [-0.25, -0.2) is 4.39 Å². The van der Waals surface area contributed by atoms with Crippen LogP contribution in [-0.4, -0.2) is 15.8 Å². The van der Waals surface area contributed by atoms with Crippen molar-refractivity contribution < 1.29 is 9.13 Å². The zero-order valence-corrected chi connectivity index (χ0v) is 16.1. The highest BCUT2D eigenvalue weighted by molar-refractivity contribution is 9.10. The summed E-state index contributed by atoms with van der Waals surface area (Å²) < 4.78 is 20.8. The first-order valence-corrected chi connectivity index (χ1v) is 9.37. The molecular weight excluding hydrogens is 397 g/mol. The van der Waals surface area contributed by atoms with Gasteiger partial charge in [-0.05, 0) is 59.3 Å². The number of ether oxygens (including phenoxy) is 1. The zero-order valence-electron chi connectivity index (χ0n) is 13.7. The molecule has 0 aliphatic carbocycles. The molecule has 2 aromatic rings. The molecule has 0 fully saturated rings. The quantitative estimate of drug-likeness (QED) is 0.577. The minimum atomic E-state index is -0.345. The van der Waals surface area contributed by atoms with E-state index in [0.29, 0.717) is 10.7 Å². The molecule has 0 bridgehead atoms. The van der Waals surface area contributed by atoms with Crippen LogP contribution in [-0.2, 0) is 13.2 Å². The highest BCUT2D eigenvalue weighted by atomic mass is 79.9. The standard InChI is InChI=1S/C16H19BrFN3O2S/c1-9(2)21-15(22)13(17)14(20-16(21)24-3)23-8-10-4-5-12(18)6-11(10)7-19/h4-6,9H,7-8,19H2,1-3H3. The van der Waals surface area contributed by atoms with E-state index in [9.17, 15) is 9.18 Å². The van der Waals surface area contributed by atoms with E-state index in [1.54, 1.807) is 10.6 Å². The van der Waals surface area contributed by atoms with Gasteiger partial charge in [-0.3, -0.25) is 9.36 Å². The van der Waals surface area contributed by atoms with Crippen LogP contribution in [0.4, 0.5) is 4.39 Å². The van der Waals surface area contributed by atoms with E-state index in [1.165, 1.54) is 23.9 Å². The lowest BCUT2D eigenvalue weighted by molar-refractivity contribution is 0.282. The summed E-state index contributed by atoms with van der Waals surface area (Å²) in [6.45, 7) is 4.19. The first-order valence-electron chi connectivity index (χ1n) is 7.35. The minimum absolute atomic E-state index is 0.0151. The predicted octanol–water partition coefficient (Wildman–Crippen LogP) is 3.49.